The van der Waals surface area contributed by atoms with Gasteiger partial charge < -0.3 is 4.98 Å². The molecule has 0 amide bonds. The van der Waals surface area contributed by atoms with Crippen molar-refractivity contribution in [2.45, 2.75) is 12.8 Å². The van der Waals surface area contributed by atoms with Crippen molar-refractivity contribution in [1.82, 2.24) is 9.97 Å². The maximum atomic E-state index is 5.48. The average molecular weight is 145 g/mol. The highest BCUT2D eigenvalue weighted by Crippen LogP contribution is 1.96. The van der Waals surface area contributed by atoms with Gasteiger partial charge in [0.1, 0.15) is 0 Å². The maximum absolute atomic E-state index is 5.48. The van der Waals surface area contributed by atoms with Gasteiger partial charge in [-0.3, -0.25) is 0 Å². The Morgan fingerprint density at radius 1 is 1.67 bits per heavy atom. The molecule has 0 saturated heterocycles. The van der Waals surface area contributed by atoms with Crippen molar-refractivity contribution >= 4 is 11.6 Å². The molecule has 0 atom stereocenters. The van der Waals surface area contributed by atoms with E-state index in [4.69, 9.17) is 11.6 Å². The fraction of sp³-hybridized carbons (Fsp3) is 0.500. The van der Waals surface area contributed by atoms with Crippen LogP contribution in [0.1, 0.15) is 12.1 Å². The average Bonchev–Trinajstić information content (AvgIpc) is 2.34. The van der Waals surface area contributed by atoms with Crippen LogP contribution in [0, 0.1) is 0 Å². The van der Waals surface area contributed by atoms with Gasteiger partial charge in [-0.1, -0.05) is 0 Å². The molecule has 1 rings (SSSR count). The summed E-state index contributed by atoms with van der Waals surface area (Å²) < 4.78 is 0. The number of nitrogens with one attached hydrogen (secondary N) is 1. The topological polar surface area (TPSA) is 28.7 Å². The molecule has 0 spiro atoms. The zero-order valence-electron chi connectivity index (χ0n) is 5.10. The highest BCUT2D eigenvalue weighted by Gasteiger charge is 1.90. The number of aromatic amines is 1. The van der Waals surface area contributed by atoms with Crippen LogP contribution in [0.15, 0.2) is 12.5 Å². The Morgan fingerprint density at radius 2 is 2.56 bits per heavy atom. The van der Waals surface area contributed by atoms with E-state index in [-0.39, 0.29) is 0 Å². The van der Waals surface area contributed by atoms with E-state index in [0.29, 0.717) is 0 Å². The summed E-state index contributed by atoms with van der Waals surface area (Å²) in [5.74, 6) is 0.721. The minimum absolute atomic E-state index is 0.721. The van der Waals surface area contributed by atoms with Crippen molar-refractivity contribution in [3.8, 4) is 0 Å². The van der Waals surface area contributed by atoms with E-state index in [1.165, 1.54) is 0 Å². The molecule has 1 heterocycles. The molecule has 0 bridgehead atoms. The third-order valence-corrected chi connectivity index (χ3v) is 1.40. The standard InChI is InChI=1S/C6H9ClN2/c7-3-1-2-6-4-8-5-9-6/h4-5H,1-3H2,(H,8,9). The van der Waals surface area contributed by atoms with Gasteiger partial charge in [0.05, 0.1) is 6.33 Å². The van der Waals surface area contributed by atoms with Crippen LogP contribution in [0.25, 0.3) is 0 Å². The Balaban J connectivity index is 2.30. The first-order valence-electron chi connectivity index (χ1n) is 2.96. The van der Waals surface area contributed by atoms with Crippen LogP contribution in [-0.4, -0.2) is 15.8 Å². The van der Waals surface area contributed by atoms with E-state index in [0.717, 1.165) is 24.4 Å². The number of aryl methyl sites for hydroxylation is 1. The van der Waals surface area contributed by atoms with Crippen molar-refractivity contribution in [3.05, 3.63) is 18.2 Å². The summed E-state index contributed by atoms with van der Waals surface area (Å²) >= 11 is 5.48. The molecule has 1 N–H and O–H groups in total. The summed E-state index contributed by atoms with van der Waals surface area (Å²) in [6.45, 7) is 0. The molecule has 50 valence electrons. The van der Waals surface area contributed by atoms with Crippen LogP contribution in [0.3, 0.4) is 0 Å². The molecule has 0 unspecified atom stereocenters. The van der Waals surface area contributed by atoms with Gasteiger partial charge in [-0.2, -0.15) is 0 Å². The molecular weight excluding hydrogens is 136 g/mol. The van der Waals surface area contributed by atoms with E-state index < -0.39 is 0 Å². The van der Waals surface area contributed by atoms with Crippen LogP contribution in [-0.2, 0) is 6.42 Å². The van der Waals surface area contributed by atoms with Gasteiger partial charge in [0.2, 0.25) is 0 Å². The molecule has 0 aliphatic carbocycles. The third kappa shape index (κ3) is 2.06. The van der Waals surface area contributed by atoms with Gasteiger partial charge in [-0.25, -0.2) is 4.98 Å². The van der Waals surface area contributed by atoms with Crippen molar-refractivity contribution in [2.75, 3.05) is 5.88 Å². The number of halogens is 1. The lowest BCUT2D eigenvalue weighted by Gasteiger charge is -1.89. The normalized spacial score (nSPS) is 9.89. The molecule has 0 saturated carbocycles. The van der Waals surface area contributed by atoms with Gasteiger partial charge in [0.15, 0.2) is 0 Å². The zero-order chi connectivity index (χ0) is 6.53. The summed E-state index contributed by atoms with van der Waals surface area (Å²) in [6, 6.07) is 0. The molecule has 0 aliphatic heterocycles. The molecule has 1 aromatic heterocycles. The Bertz CT molecular complexity index is 148. The first-order chi connectivity index (χ1) is 4.43. The van der Waals surface area contributed by atoms with Crippen LogP contribution in [0.2, 0.25) is 0 Å². The van der Waals surface area contributed by atoms with Crippen molar-refractivity contribution in [1.29, 1.82) is 0 Å². The molecule has 1 aromatic rings. The number of alkyl halides is 1. The molecule has 9 heavy (non-hydrogen) atoms. The predicted molar refractivity (Wildman–Crippen MR) is 37.6 cm³/mol. The lowest BCUT2D eigenvalue weighted by atomic mass is 10.3. The van der Waals surface area contributed by atoms with E-state index in [1.807, 2.05) is 6.20 Å². The van der Waals surface area contributed by atoms with Crippen LogP contribution < -0.4 is 0 Å². The summed E-state index contributed by atoms with van der Waals surface area (Å²) in [5, 5.41) is 0. The van der Waals surface area contributed by atoms with E-state index in [2.05, 4.69) is 9.97 Å². The highest BCUT2D eigenvalue weighted by molar-refractivity contribution is 6.17. The fourth-order valence-electron chi connectivity index (χ4n) is 0.679. The lowest BCUT2D eigenvalue weighted by molar-refractivity contribution is 0.898. The molecule has 0 aromatic carbocycles. The number of H-pyrrole nitrogens is 1. The Hall–Kier alpha value is -0.500. The Labute approximate surface area is 59.3 Å². The van der Waals surface area contributed by atoms with E-state index in [9.17, 15) is 0 Å². The summed E-state index contributed by atoms with van der Waals surface area (Å²) in [5.41, 5.74) is 1.16. The highest BCUT2D eigenvalue weighted by atomic mass is 35.5. The predicted octanol–water partition coefficient (Wildman–Crippen LogP) is 1.58. The van der Waals surface area contributed by atoms with Crippen LogP contribution >= 0.6 is 11.6 Å². The molecule has 3 heteroatoms. The minimum Gasteiger partial charge on any atom is -0.348 e. The van der Waals surface area contributed by atoms with E-state index in [1.54, 1.807) is 6.33 Å². The van der Waals surface area contributed by atoms with E-state index >= 15 is 0 Å². The second-order valence-corrected chi connectivity index (χ2v) is 2.25. The van der Waals surface area contributed by atoms with Crippen molar-refractivity contribution in [2.24, 2.45) is 0 Å². The van der Waals surface area contributed by atoms with Crippen molar-refractivity contribution < 1.29 is 0 Å². The number of nitrogens with zero attached hydrogens (tertiary/aromatic N) is 1. The third-order valence-electron chi connectivity index (χ3n) is 1.13. The summed E-state index contributed by atoms with van der Waals surface area (Å²) in [6.07, 6.45) is 5.53. The SMILES string of the molecule is ClCCCc1cnc[nH]1. The minimum atomic E-state index is 0.721. The van der Waals surface area contributed by atoms with Crippen molar-refractivity contribution in [3.63, 3.8) is 0 Å². The van der Waals surface area contributed by atoms with Gasteiger partial charge >= 0.3 is 0 Å². The summed E-state index contributed by atoms with van der Waals surface area (Å²) in [4.78, 5) is 6.88. The number of rotatable bonds is 3. The molecular formula is C6H9ClN2. The second kappa shape index (κ2) is 3.51. The van der Waals surface area contributed by atoms with Crippen LogP contribution in [0.4, 0.5) is 0 Å². The molecule has 0 radical (unpaired) electrons. The lowest BCUT2D eigenvalue weighted by Crippen LogP contribution is -1.84. The second-order valence-electron chi connectivity index (χ2n) is 1.87. The maximum Gasteiger partial charge on any atom is 0.0921 e. The molecule has 2 nitrogen and oxygen atoms in total. The van der Waals surface area contributed by atoms with Gasteiger partial charge in [0.25, 0.3) is 0 Å². The number of imidazole rings is 1. The molecule has 0 fully saturated rings. The number of hydrogen-bond acceptors (Lipinski definition) is 1. The number of hydrogen-bond donors (Lipinski definition) is 1. The fourth-order valence-corrected chi connectivity index (χ4v) is 0.812. The zero-order valence-corrected chi connectivity index (χ0v) is 5.86. The first-order valence-corrected chi connectivity index (χ1v) is 3.50. The van der Waals surface area contributed by atoms with Crippen LogP contribution in [0.5, 0.6) is 0 Å². The first kappa shape index (κ1) is 6.62. The van der Waals surface area contributed by atoms with Gasteiger partial charge in [-0.15, -0.1) is 11.6 Å². The van der Waals surface area contributed by atoms with Gasteiger partial charge in [-0.05, 0) is 12.8 Å². The monoisotopic (exact) mass is 144 g/mol. The largest absolute Gasteiger partial charge is 0.348 e. The Kier molecular flexibility index (Phi) is 2.58. The quantitative estimate of drug-likeness (QED) is 0.642. The Morgan fingerprint density at radius 3 is 3.11 bits per heavy atom. The smallest absolute Gasteiger partial charge is 0.0921 e. The number of aromatic nitrogens is 2. The molecule has 0 aliphatic rings. The van der Waals surface area contributed by atoms with Gasteiger partial charge in [0, 0.05) is 17.8 Å². The summed E-state index contributed by atoms with van der Waals surface area (Å²) in [7, 11) is 0.